The van der Waals surface area contributed by atoms with Crippen molar-refractivity contribution >= 4 is 51.1 Å². The molecule has 1 atom stereocenters. The summed E-state index contributed by atoms with van der Waals surface area (Å²) in [4.78, 5) is 42.8. The maximum atomic E-state index is 13.2. The van der Waals surface area contributed by atoms with Crippen LogP contribution >= 0.6 is 27.7 Å². The van der Waals surface area contributed by atoms with E-state index in [0.29, 0.717) is 25.3 Å². The first-order valence-electron chi connectivity index (χ1n) is 9.90. The molecule has 0 unspecified atom stereocenters. The number of para-hydroxylation sites is 1. The molecule has 2 aromatic rings. The number of carbonyl (C=O) groups excluding carboxylic acids is 3. The maximum Gasteiger partial charge on any atom is 0.250 e. The van der Waals surface area contributed by atoms with E-state index in [2.05, 4.69) is 21.2 Å². The molecule has 30 heavy (non-hydrogen) atoms. The quantitative estimate of drug-likeness (QED) is 0.657. The highest BCUT2D eigenvalue weighted by Crippen LogP contribution is 2.39. The van der Waals surface area contributed by atoms with Crippen LogP contribution in [0.5, 0.6) is 0 Å². The Bertz CT molecular complexity index is 978. The van der Waals surface area contributed by atoms with Gasteiger partial charge in [-0.05, 0) is 42.7 Å². The van der Waals surface area contributed by atoms with Crippen LogP contribution in [0.1, 0.15) is 18.4 Å². The van der Waals surface area contributed by atoms with Crippen molar-refractivity contribution in [2.45, 2.75) is 29.5 Å². The van der Waals surface area contributed by atoms with Crippen molar-refractivity contribution in [3.63, 3.8) is 0 Å². The van der Waals surface area contributed by atoms with Crippen molar-refractivity contribution in [1.29, 1.82) is 0 Å². The SMILES string of the molecule is O=C(CN1C(=O)[C@H](C(=O)N2CCCC2)Sc2ccccc21)NCc1cccc(Br)c1. The number of halogens is 1. The molecule has 156 valence electrons. The minimum Gasteiger partial charge on any atom is -0.350 e. The zero-order valence-corrected chi connectivity index (χ0v) is 18.7. The van der Waals surface area contributed by atoms with Crippen molar-refractivity contribution in [2.75, 3.05) is 24.5 Å². The van der Waals surface area contributed by atoms with Gasteiger partial charge < -0.3 is 15.1 Å². The van der Waals surface area contributed by atoms with Crippen LogP contribution in [0.15, 0.2) is 57.9 Å². The van der Waals surface area contributed by atoms with Gasteiger partial charge in [-0.25, -0.2) is 0 Å². The standard InChI is InChI=1S/C22H22BrN3O3S/c23-16-7-5-6-15(12-16)13-24-19(27)14-26-17-8-1-2-9-18(17)30-20(22(26)29)21(28)25-10-3-4-11-25/h1-2,5-9,12,20H,3-4,10-11,13-14H2,(H,24,27)/t20-/m0/s1. The summed E-state index contributed by atoms with van der Waals surface area (Å²) < 4.78 is 0.940. The Kier molecular flexibility index (Phi) is 6.43. The Hall–Kier alpha value is -2.32. The zero-order chi connectivity index (χ0) is 21.1. The van der Waals surface area contributed by atoms with Gasteiger partial charge in [0.05, 0.1) is 5.69 Å². The molecule has 0 aliphatic carbocycles. The summed E-state index contributed by atoms with van der Waals surface area (Å²) in [7, 11) is 0. The molecule has 8 heteroatoms. The number of carbonyl (C=O) groups is 3. The first-order valence-corrected chi connectivity index (χ1v) is 11.6. The highest BCUT2D eigenvalue weighted by molar-refractivity contribution is 9.10. The van der Waals surface area contributed by atoms with Crippen molar-refractivity contribution in [2.24, 2.45) is 0 Å². The third-order valence-electron chi connectivity index (χ3n) is 5.21. The molecule has 3 amide bonds. The van der Waals surface area contributed by atoms with Gasteiger partial charge in [-0.3, -0.25) is 14.4 Å². The van der Waals surface area contributed by atoms with E-state index in [1.807, 2.05) is 48.5 Å². The van der Waals surface area contributed by atoms with Crippen molar-refractivity contribution in [1.82, 2.24) is 10.2 Å². The topological polar surface area (TPSA) is 69.7 Å². The zero-order valence-electron chi connectivity index (χ0n) is 16.3. The molecule has 2 aromatic carbocycles. The molecule has 6 nitrogen and oxygen atoms in total. The van der Waals surface area contributed by atoms with E-state index in [0.717, 1.165) is 27.8 Å². The number of thioether (sulfide) groups is 1. The van der Waals surface area contributed by atoms with E-state index < -0.39 is 5.25 Å². The fraction of sp³-hybridized carbons (Fsp3) is 0.318. The minimum absolute atomic E-state index is 0.117. The number of nitrogens with one attached hydrogen (secondary N) is 1. The normalized spacial score (nSPS) is 18.3. The molecule has 2 heterocycles. The molecule has 2 aliphatic heterocycles. The molecule has 0 aromatic heterocycles. The predicted molar refractivity (Wildman–Crippen MR) is 120 cm³/mol. The van der Waals surface area contributed by atoms with Crippen molar-refractivity contribution < 1.29 is 14.4 Å². The molecule has 4 rings (SSSR count). The van der Waals surface area contributed by atoms with Gasteiger partial charge >= 0.3 is 0 Å². The van der Waals surface area contributed by atoms with Gasteiger partial charge in [-0.15, -0.1) is 11.8 Å². The summed E-state index contributed by atoms with van der Waals surface area (Å²) in [5, 5.41) is 2.03. The summed E-state index contributed by atoms with van der Waals surface area (Å²) in [5.41, 5.74) is 1.64. The van der Waals surface area contributed by atoms with Crippen LogP contribution in [0, 0.1) is 0 Å². The summed E-state index contributed by atoms with van der Waals surface area (Å²) in [6.07, 6.45) is 1.94. The Morgan fingerprint density at radius 1 is 1.10 bits per heavy atom. The van der Waals surface area contributed by atoms with Gasteiger partial charge in [0.25, 0.3) is 5.91 Å². The molecule has 1 saturated heterocycles. The van der Waals surface area contributed by atoms with Crippen LogP contribution in [0.25, 0.3) is 0 Å². The van der Waals surface area contributed by atoms with Gasteiger partial charge in [0.2, 0.25) is 11.8 Å². The van der Waals surface area contributed by atoms with Crippen molar-refractivity contribution in [3.05, 3.63) is 58.6 Å². The van der Waals surface area contributed by atoms with E-state index in [4.69, 9.17) is 0 Å². The number of benzene rings is 2. The fourth-order valence-corrected chi connectivity index (χ4v) is 5.32. The molecule has 0 saturated carbocycles. The smallest absolute Gasteiger partial charge is 0.250 e. The van der Waals surface area contributed by atoms with Crippen LogP contribution in [-0.2, 0) is 20.9 Å². The van der Waals surface area contributed by atoms with Crippen LogP contribution in [0.4, 0.5) is 5.69 Å². The Morgan fingerprint density at radius 2 is 1.87 bits per heavy atom. The number of amides is 3. The van der Waals surface area contributed by atoms with E-state index in [-0.39, 0.29) is 24.3 Å². The van der Waals surface area contributed by atoms with E-state index in [1.165, 1.54) is 16.7 Å². The van der Waals surface area contributed by atoms with Gasteiger partial charge in [-0.2, -0.15) is 0 Å². The average Bonchev–Trinajstić information content (AvgIpc) is 3.28. The number of hydrogen-bond acceptors (Lipinski definition) is 4. The highest BCUT2D eigenvalue weighted by Gasteiger charge is 2.41. The van der Waals surface area contributed by atoms with Crippen LogP contribution in [-0.4, -0.2) is 47.5 Å². The molecule has 2 aliphatic rings. The predicted octanol–water partition coefficient (Wildman–Crippen LogP) is 3.20. The lowest BCUT2D eigenvalue weighted by atomic mass is 10.2. The number of anilines is 1. The molecular formula is C22H22BrN3O3S. The molecular weight excluding hydrogens is 466 g/mol. The Morgan fingerprint density at radius 3 is 2.63 bits per heavy atom. The van der Waals surface area contributed by atoms with Gasteiger partial charge in [-0.1, -0.05) is 40.2 Å². The lowest BCUT2D eigenvalue weighted by molar-refractivity contribution is -0.134. The van der Waals surface area contributed by atoms with Gasteiger partial charge in [0.15, 0.2) is 5.25 Å². The Balaban J connectivity index is 1.49. The number of fused-ring (bicyclic) bond motifs is 1. The number of hydrogen-bond donors (Lipinski definition) is 1. The van der Waals surface area contributed by atoms with Crippen LogP contribution < -0.4 is 10.2 Å². The lowest BCUT2D eigenvalue weighted by Crippen LogP contribution is -2.51. The summed E-state index contributed by atoms with van der Waals surface area (Å²) >= 11 is 4.70. The maximum absolute atomic E-state index is 13.2. The summed E-state index contributed by atoms with van der Waals surface area (Å²) in [6, 6.07) is 15.1. The van der Waals surface area contributed by atoms with E-state index >= 15 is 0 Å². The second kappa shape index (κ2) is 9.22. The third kappa shape index (κ3) is 4.54. The average molecular weight is 488 g/mol. The minimum atomic E-state index is -0.837. The third-order valence-corrected chi connectivity index (χ3v) is 6.95. The van der Waals surface area contributed by atoms with E-state index in [9.17, 15) is 14.4 Å². The largest absolute Gasteiger partial charge is 0.350 e. The molecule has 1 fully saturated rings. The fourth-order valence-electron chi connectivity index (χ4n) is 3.69. The summed E-state index contributed by atoms with van der Waals surface area (Å²) in [5.74, 6) is -0.748. The molecule has 1 N–H and O–H groups in total. The monoisotopic (exact) mass is 487 g/mol. The van der Waals surface area contributed by atoms with E-state index in [1.54, 1.807) is 4.90 Å². The number of rotatable bonds is 5. The molecule has 0 bridgehead atoms. The number of nitrogens with zero attached hydrogens (tertiary/aromatic N) is 2. The first kappa shape index (κ1) is 20.9. The highest BCUT2D eigenvalue weighted by atomic mass is 79.9. The Labute approximate surface area is 188 Å². The van der Waals surface area contributed by atoms with Crippen LogP contribution in [0.3, 0.4) is 0 Å². The van der Waals surface area contributed by atoms with Gasteiger partial charge in [0.1, 0.15) is 6.54 Å². The molecule has 0 radical (unpaired) electrons. The second-order valence-corrected chi connectivity index (χ2v) is 9.39. The van der Waals surface area contributed by atoms with Crippen LogP contribution in [0.2, 0.25) is 0 Å². The number of likely N-dealkylation sites (tertiary alicyclic amines) is 1. The van der Waals surface area contributed by atoms with Gasteiger partial charge in [0, 0.05) is 29.0 Å². The second-order valence-electron chi connectivity index (χ2n) is 7.33. The van der Waals surface area contributed by atoms with Crippen molar-refractivity contribution in [3.8, 4) is 0 Å². The summed E-state index contributed by atoms with van der Waals surface area (Å²) in [6.45, 7) is 1.64. The lowest BCUT2D eigenvalue weighted by Gasteiger charge is -2.34. The molecule has 0 spiro atoms. The first-order chi connectivity index (χ1) is 14.5.